The summed E-state index contributed by atoms with van der Waals surface area (Å²) in [4.78, 5) is 19.0. The lowest BCUT2D eigenvalue weighted by molar-refractivity contribution is -0.597. The number of nitro benzene ring substituents is 2. The summed E-state index contributed by atoms with van der Waals surface area (Å²) in [6.07, 6.45) is 0. The molecule has 2 aromatic carbocycles. The van der Waals surface area contributed by atoms with Gasteiger partial charge in [0.05, 0.1) is 23.9 Å². The number of nitrogens with zero attached hydrogens (tertiary/aromatic N) is 2. The van der Waals surface area contributed by atoms with E-state index in [2.05, 4.69) is 0 Å². The molecule has 0 aromatic heterocycles. The smallest absolute Gasteiger partial charge is 0.269 e. The quantitative estimate of drug-likeness (QED) is 0.616. The van der Waals surface area contributed by atoms with Crippen LogP contribution in [0.1, 0.15) is 0 Å². The molecule has 0 aliphatic carbocycles. The molecule has 0 saturated heterocycles. The van der Waals surface area contributed by atoms with Gasteiger partial charge in [0.1, 0.15) is 5.75 Å². The van der Waals surface area contributed by atoms with Crippen LogP contribution in [-0.4, -0.2) is 29.0 Å². The van der Waals surface area contributed by atoms with Crippen molar-refractivity contribution >= 4 is 11.4 Å². The van der Waals surface area contributed by atoms with Crippen molar-refractivity contribution < 1.29 is 25.4 Å². The number of benzene rings is 2. The highest BCUT2D eigenvalue weighted by atomic mass is 16.6. The number of nitro groups is 2. The van der Waals surface area contributed by atoms with Crippen molar-refractivity contribution in [3.63, 3.8) is 0 Å². The van der Waals surface area contributed by atoms with Gasteiger partial charge in [0, 0.05) is 24.3 Å². The molecule has 2 rings (SSSR count). The maximum absolute atomic E-state index is 10.4. The number of hydrogen-bond acceptors (Lipinski definition) is 6. The number of phenolic OH excluding ortho intramolecular Hbond substituents is 1. The Balaban J connectivity index is 0.000000360. The van der Waals surface area contributed by atoms with Crippen LogP contribution in [0.2, 0.25) is 0 Å². The lowest BCUT2D eigenvalue weighted by Crippen LogP contribution is -2.74. The van der Waals surface area contributed by atoms with Crippen LogP contribution in [0.3, 0.4) is 0 Å². The Morgan fingerprint density at radius 1 is 0.826 bits per heavy atom. The fourth-order valence-electron chi connectivity index (χ4n) is 1.14. The Morgan fingerprint density at radius 3 is 1.43 bits per heavy atom. The maximum atomic E-state index is 10.4. The molecule has 2 aromatic rings. The van der Waals surface area contributed by atoms with Gasteiger partial charge in [-0.15, -0.1) is 5.75 Å². The monoisotopic (exact) mass is 323 g/mol. The summed E-state index contributed by atoms with van der Waals surface area (Å²) in [6.45, 7) is 0. The Kier molecular flexibility index (Phi) is 9.05. The van der Waals surface area contributed by atoms with Crippen LogP contribution in [-0.2, 0) is 0 Å². The van der Waals surface area contributed by atoms with Crippen molar-refractivity contribution in [1.82, 2.24) is 0 Å². The number of quaternary nitrogens is 1. The molecule has 0 saturated carbocycles. The highest BCUT2D eigenvalue weighted by Crippen LogP contribution is 2.15. The molecule has 0 heterocycles. The average Bonchev–Trinajstić information content (AvgIpc) is 2.49. The van der Waals surface area contributed by atoms with E-state index in [0.717, 1.165) is 12.1 Å². The molecule has 0 spiro atoms. The SMILES string of the molecule is C[NH2+]C.O=[N+]([O-])c1ccc(O)cc1.O=[N+]([O-])c1ccc([O-])cc1. The van der Waals surface area contributed by atoms with Gasteiger partial charge in [-0.1, -0.05) is 12.1 Å². The first-order valence-electron chi connectivity index (χ1n) is 6.40. The zero-order valence-electron chi connectivity index (χ0n) is 12.6. The van der Waals surface area contributed by atoms with Gasteiger partial charge in [-0.2, -0.15) is 0 Å². The van der Waals surface area contributed by atoms with Crippen molar-refractivity contribution in [2.24, 2.45) is 0 Å². The van der Waals surface area contributed by atoms with E-state index in [1.54, 1.807) is 0 Å². The van der Waals surface area contributed by atoms with E-state index in [9.17, 15) is 25.3 Å². The zero-order chi connectivity index (χ0) is 17.8. The van der Waals surface area contributed by atoms with Gasteiger partial charge < -0.3 is 15.5 Å². The molecule has 0 amide bonds. The van der Waals surface area contributed by atoms with Crippen molar-refractivity contribution in [1.29, 1.82) is 0 Å². The molecule has 0 aliphatic rings. The number of aromatic hydroxyl groups is 1. The van der Waals surface area contributed by atoms with E-state index < -0.39 is 9.85 Å². The van der Waals surface area contributed by atoms with E-state index in [0.29, 0.717) is 0 Å². The molecule has 0 unspecified atom stereocenters. The predicted octanol–water partition coefficient (Wildman–Crippen LogP) is 0.778. The number of phenols is 1. The van der Waals surface area contributed by atoms with Crippen molar-refractivity contribution in [3.8, 4) is 11.5 Å². The Morgan fingerprint density at radius 2 is 1.13 bits per heavy atom. The minimum Gasteiger partial charge on any atom is -0.872 e. The third-order valence-electron chi connectivity index (χ3n) is 2.11. The maximum Gasteiger partial charge on any atom is 0.269 e. The van der Waals surface area contributed by atoms with Gasteiger partial charge in [-0.3, -0.25) is 20.2 Å². The summed E-state index contributed by atoms with van der Waals surface area (Å²) >= 11 is 0. The molecule has 0 atom stereocenters. The highest BCUT2D eigenvalue weighted by molar-refractivity contribution is 5.35. The molecule has 23 heavy (non-hydrogen) atoms. The Labute approximate surface area is 132 Å². The van der Waals surface area contributed by atoms with Crippen LogP contribution in [0, 0.1) is 20.2 Å². The van der Waals surface area contributed by atoms with Crippen LogP contribution in [0.15, 0.2) is 48.5 Å². The lowest BCUT2D eigenvalue weighted by Gasteiger charge is -2.00. The fraction of sp³-hybridized carbons (Fsp3) is 0.143. The fourth-order valence-corrected chi connectivity index (χ4v) is 1.14. The van der Waals surface area contributed by atoms with Crippen molar-refractivity contribution in [2.75, 3.05) is 14.1 Å². The van der Waals surface area contributed by atoms with Gasteiger partial charge in [0.15, 0.2) is 0 Å². The van der Waals surface area contributed by atoms with E-state index in [1.807, 2.05) is 19.4 Å². The van der Waals surface area contributed by atoms with Crippen molar-refractivity contribution in [2.45, 2.75) is 0 Å². The van der Waals surface area contributed by atoms with E-state index >= 15 is 0 Å². The molecule has 3 N–H and O–H groups in total. The largest absolute Gasteiger partial charge is 0.872 e. The number of nitrogens with two attached hydrogens (primary N) is 1. The summed E-state index contributed by atoms with van der Waals surface area (Å²) in [5, 5.41) is 41.2. The predicted molar refractivity (Wildman–Crippen MR) is 81.1 cm³/mol. The minimum absolute atomic E-state index is 0.0159. The Hall–Kier alpha value is -3.20. The standard InChI is InChI=1S/2C6H5NO3.C2H7N/c2*8-6-3-1-5(2-4-6)7(9)10;1-3-2/h2*1-4,8H;3H,1-2H3. The number of rotatable bonds is 2. The normalized spacial score (nSPS) is 8.78. The first kappa shape index (κ1) is 19.8. The molecule has 0 aliphatic heterocycles. The first-order chi connectivity index (χ1) is 10.8. The summed E-state index contributed by atoms with van der Waals surface area (Å²) in [5.74, 6) is -0.184. The Bertz CT molecular complexity index is 558. The van der Waals surface area contributed by atoms with Crippen LogP contribution in [0.5, 0.6) is 11.5 Å². The van der Waals surface area contributed by atoms with Crippen LogP contribution < -0.4 is 10.4 Å². The summed E-state index contributed by atoms with van der Waals surface area (Å²) < 4.78 is 0. The van der Waals surface area contributed by atoms with Crippen LogP contribution in [0.25, 0.3) is 0 Å². The second-order valence-corrected chi connectivity index (χ2v) is 4.10. The third kappa shape index (κ3) is 8.63. The van der Waals surface area contributed by atoms with Gasteiger partial charge in [-0.05, 0) is 12.1 Å². The third-order valence-corrected chi connectivity index (χ3v) is 2.11. The van der Waals surface area contributed by atoms with Gasteiger partial charge in [0.2, 0.25) is 0 Å². The molecular formula is C14H17N3O6. The van der Waals surface area contributed by atoms with Crippen LogP contribution >= 0.6 is 0 Å². The van der Waals surface area contributed by atoms with Gasteiger partial charge in [-0.25, -0.2) is 0 Å². The molecule has 0 bridgehead atoms. The first-order valence-corrected chi connectivity index (χ1v) is 6.40. The summed E-state index contributed by atoms with van der Waals surface area (Å²) in [7, 11) is 4.00. The summed E-state index contributed by atoms with van der Waals surface area (Å²) in [6, 6.07) is 9.74. The second-order valence-electron chi connectivity index (χ2n) is 4.10. The zero-order valence-corrected chi connectivity index (χ0v) is 12.6. The lowest BCUT2D eigenvalue weighted by atomic mass is 10.3. The topological polar surface area (TPSA) is 146 Å². The van der Waals surface area contributed by atoms with Gasteiger partial charge >= 0.3 is 0 Å². The highest BCUT2D eigenvalue weighted by Gasteiger charge is 2.01. The average molecular weight is 323 g/mol. The second kappa shape index (κ2) is 10.5. The van der Waals surface area contributed by atoms with E-state index in [4.69, 9.17) is 5.11 Å². The molecule has 0 radical (unpaired) electrons. The number of non-ortho nitro benzene ring substituents is 2. The van der Waals surface area contributed by atoms with E-state index in [1.165, 1.54) is 36.4 Å². The molecule has 9 nitrogen and oxygen atoms in total. The molecular weight excluding hydrogens is 306 g/mol. The van der Waals surface area contributed by atoms with Crippen LogP contribution in [0.4, 0.5) is 11.4 Å². The minimum atomic E-state index is -0.542. The van der Waals surface area contributed by atoms with Gasteiger partial charge in [0.25, 0.3) is 11.4 Å². The summed E-state index contributed by atoms with van der Waals surface area (Å²) in [5.41, 5.74) is -0.0719. The number of hydrogen-bond donors (Lipinski definition) is 2. The van der Waals surface area contributed by atoms with E-state index in [-0.39, 0.29) is 22.9 Å². The molecule has 124 valence electrons. The van der Waals surface area contributed by atoms with Crippen molar-refractivity contribution in [3.05, 3.63) is 68.8 Å². The molecule has 0 fully saturated rings. The molecule has 9 heteroatoms.